The lowest BCUT2D eigenvalue weighted by atomic mass is 10.5. The predicted molar refractivity (Wildman–Crippen MR) is 29.5 cm³/mol. The molecule has 8 heteroatoms. The quantitative estimate of drug-likeness (QED) is 0.291. The van der Waals surface area contributed by atoms with Gasteiger partial charge in [0.1, 0.15) is 0 Å². The van der Waals surface area contributed by atoms with Crippen molar-refractivity contribution in [1.82, 2.24) is 42.5 Å². The smallest absolute Gasteiger partial charge is 0.208 e. The van der Waals surface area contributed by atoms with Gasteiger partial charge in [-0.2, -0.15) is 16.3 Å². The fourth-order valence-electron chi connectivity index (χ4n) is 0.674. The maximum absolute atomic E-state index is 3.75. The molecule has 1 aliphatic heterocycles. The van der Waals surface area contributed by atoms with Gasteiger partial charge in [0.25, 0.3) is 0 Å². The van der Waals surface area contributed by atoms with Crippen molar-refractivity contribution in [2.75, 3.05) is 0 Å². The van der Waals surface area contributed by atoms with E-state index in [0.29, 0.717) is 5.82 Å². The van der Waals surface area contributed by atoms with E-state index in [1.807, 2.05) is 0 Å². The molecule has 54 valence electrons. The van der Waals surface area contributed by atoms with Gasteiger partial charge in [-0.1, -0.05) is 5.21 Å². The third kappa shape index (κ3) is 0.844. The Morgan fingerprint density at radius 1 is 1.20 bits per heavy atom. The van der Waals surface area contributed by atoms with Crippen molar-refractivity contribution in [3.8, 4) is 0 Å². The highest BCUT2D eigenvalue weighted by Crippen LogP contribution is 1.98. The summed E-state index contributed by atoms with van der Waals surface area (Å²) in [5.41, 5.74) is 10.9. The highest BCUT2D eigenvalue weighted by molar-refractivity contribution is 4.86. The van der Waals surface area contributed by atoms with E-state index in [0.717, 1.165) is 0 Å². The van der Waals surface area contributed by atoms with Crippen LogP contribution in [0.15, 0.2) is 0 Å². The van der Waals surface area contributed by atoms with Crippen LogP contribution in [0.3, 0.4) is 0 Å². The maximum atomic E-state index is 3.75. The SMILES string of the molecule is n1nc(C2NNNN2)n[nH]1. The number of aromatic amines is 1. The van der Waals surface area contributed by atoms with Crippen molar-refractivity contribution in [2.45, 2.75) is 6.17 Å². The number of H-pyrrole nitrogens is 1. The first-order valence-electron chi connectivity index (χ1n) is 2.71. The second-order valence-electron chi connectivity index (χ2n) is 1.74. The Kier molecular flexibility index (Phi) is 1.29. The number of tetrazole rings is 1. The number of rotatable bonds is 1. The summed E-state index contributed by atoms with van der Waals surface area (Å²) in [4.78, 5) is 0. The van der Waals surface area contributed by atoms with Crippen molar-refractivity contribution in [3.05, 3.63) is 5.82 Å². The molecular formula is C2H6N8. The standard InChI is InChI=1S/C2H6N8/c3-1(4-8-7-3)2-5-9-10-6-2/h1,3-4,7-8H,(H,5,6,9,10). The minimum Gasteiger partial charge on any atom is -0.217 e. The molecule has 0 aliphatic carbocycles. The van der Waals surface area contributed by atoms with Crippen LogP contribution in [-0.4, -0.2) is 20.6 Å². The molecule has 10 heavy (non-hydrogen) atoms. The molecule has 0 aromatic carbocycles. The van der Waals surface area contributed by atoms with E-state index in [1.165, 1.54) is 0 Å². The van der Waals surface area contributed by atoms with Crippen LogP contribution in [0.4, 0.5) is 0 Å². The van der Waals surface area contributed by atoms with Crippen LogP contribution >= 0.6 is 0 Å². The Hall–Kier alpha value is -1.09. The Balaban J connectivity index is 2.12. The summed E-state index contributed by atoms with van der Waals surface area (Å²) in [7, 11) is 0. The normalized spacial score (nSPS) is 20.0. The Labute approximate surface area is 55.7 Å². The van der Waals surface area contributed by atoms with Crippen LogP contribution in [0, 0.1) is 0 Å². The Bertz CT molecular complexity index is 185. The fraction of sp³-hybridized carbons (Fsp3) is 0.500. The van der Waals surface area contributed by atoms with Gasteiger partial charge in [-0.15, -0.1) is 10.2 Å². The molecule has 0 unspecified atom stereocenters. The van der Waals surface area contributed by atoms with Gasteiger partial charge in [-0.25, -0.2) is 10.9 Å². The second-order valence-corrected chi connectivity index (χ2v) is 1.74. The van der Waals surface area contributed by atoms with Crippen molar-refractivity contribution in [2.24, 2.45) is 0 Å². The van der Waals surface area contributed by atoms with Crippen LogP contribution in [0.25, 0.3) is 0 Å². The van der Waals surface area contributed by atoms with Gasteiger partial charge in [0, 0.05) is 0 Å². The van der Waals surface area contributed by atoms with Crippen LogP contribution in [0.2, 0.25) is 0 Å². The first-order chi connectivity index (χ1) is 4.97. The van der Waals surface area contributed by atoms with Gasteiger partial charge in [-0.3, -0.25) is 0 Å². The molecule has 1 fully saturated rings. The third-order valence-electron chi connectivity index (χ3n) is 1.12. The number of nitrogens with zero attached hydrogens (tertiary/aromatic N) is 3. The van der Waals surface area contributed by atoms with E-state index < -0.39 is 0 Å². The summed E-state index contributed by atoms with van der Waals surface area (Å²) in [5, 5.41) is 13.2. The lowest BCUT2D eigenvalue weighted by molar-refractivity contribution is 0.523. The Morgan fingerprint density at radius 2 is 2.00 bits per heavy atom. The van der Waals surface area contributed by atoms with E-state index in [2.05, 4.69) is 42.5 Å². The molecule has 8 nitrogen and oxygen atoms in total. The first-order valence-corrected chi connectivity index (χ1v) is 2.71. The lowest BCUT2D eigenvalue weighted by Gasteiger charge is -1.99. The molecule has 0 spiro atoms. The highest BCUT2D eigenvalue weighted by Gasteiger charge is 2.18. The van der Waals surface area contributed by atoms with Crippen molar-refractivity contribution in [1.29, 1.82) is 0 Å². The molecule has 2 heterocycles. The van der Waals surface area contributed by atoms with Gasteiger partial charge in [0.05, 0.1) is 0 Å². The topological polar surface area (TPSA) is 103 Å². The van der Waals surface area contributed by atoms with Crippen molar-refractivity contribution >= 4 is 0 Å². The molecule has 1 saturated heterocycles. The summed E-state index contributed by atoms with van der Waals surface area (Å²) in [6.07, 6.45) is -0.140. The van der Waals surface area contributed by atoms with Crippen LogP contribution in [-0.2, 0) is 0 Å². The van der Waals surface area contributed by atoms with Gasteiger partial charge in [0.15, 0.2) is 6.17 Å². The lowest BCUT2D eigenvalue weighted by Crippen LogP contribution is -2.33. The van der Waals surface area contributed by atoms with E-state index in [4.69, 9.17) is 0 Å². The molecule has 0 amide bonds. The number of hydrogen-bond donors (Lipinski definition) is 5. The molecule has 0 saturated carbocycles. The molecule has 0 atom stereocenters. The highest BCUT2D eigenvalue weighted by atomic mass is 15.8. The summed E-state index contributed by atoms with van der Waals surface area (Å²) in [6.45, 7) is 0. The maximum Gasteiger partial charge on any atom is 0.208 e. The van der Waals surface area contributed by atoms with E-state index in [-0.39, 0.29) is 6.17 Å². The van der Waals surface area contributed by atoms with Crippen LogP contribution in [0.1, 0.15) is 12.0 Å². The van der Waals surface area contributed by atoms with Crippen LogP contribution < -0.4 is 21.9 Å². The molecule has 1 aromatic heterocycles. The molecule has 1 aliphatic rings. The fourth-order valence-corrected chi connectivity index (χ4v) is 0.674. The number of nitrogens with one attached hydrogen (secondary N) is 5. The van der Waals surface area contributed by atoms with E-state index in [1.54, 1.807) is 0 Å². The zero-order valence-corrected chi connectivity index (χ0v) is 4.92. The number of hydrogen-bond acceptors (Lipinski definition) is 7. The predicted octanol–water partition coefficient (Wildman–Crippen LogP) is -2.68. The zero-order valence-electron chi connectivity index (χ0n) is 4.92. The molecule has 1 aromatic rings. The molecule has 5 N–H and O–H groups in total. The van der Waals surface area contributed by atoms with E-state index in [9.17, 15) is 0 Å². The second kappa shape index (κ2) is 2.27. The molecule has 2 rings (SSSR count). The molecule has 0 bridgehead atoms. The first kappa shape index (κ1) is 5.68. The zero-order chi connectivity index (χ0) is 6.81. The summed E-state index contributed by atoms with van der Waals surface area (Å²) in [5.74, 6) is 0.553. The minimum absolute atomic E-state index is 0.140. The number of aromatic nitrogens is 4. The summed E-state index contributed by atoms with van der Waals surface area (Å²) >= 11 is 0. The van der Waals surface area contributed by atoms with Crippen molar-refractivity contribution < 1.29 is 0 Å². The molecular weight excluding hydrogens is 136 g/mol. The van der Waals surface area contributed by atoms with Crippen molar-refractivity contribution in [3.63, 3.8) is 0 Å². The Morgan fingerprint density at radius 3 is 2.60 bits per heavy atom. The minimum atomic E-state index is -0.140. The van der Waals surface area contributed by atoms with Gasteiger partial charge >= 0.3 is 0 Å². The number of hydrazine groups is 3. The summed E-state index contributed by atoms with van der Waals surface area (Å²) in [6, 6.07) is 0. The average molecular weight is 142 g/mol. The average Bonchev–Trinajstić information content (AvgIpc) is 2.59. The van der Waals surface area contributed by atoms with Gasteiger partial charge in [0.2, 0.25) is 5.82 Å². The molecule has 0 radical (unpaired) electrons. The van der Waals surface area contributed by atoms with E-state index >= 15 is 0 Å². The van der Waals surface area contributed by atoms with Gasteiger partial charge in [-0.05, 0) is 0 Å². The van der Waals surface area contributed by atoms with Gasteiger partial charge < -0.3 is 0 Å². The monoisotopic (exact) mass is 142 g/mol. The van der Waals surface area contributed by atoms with Crippen LogP contribution in [0.5, 0.6) is 0 Å². The largest absolute Gasteiger partial charge is 0.217 e. The third-order valence-corrected chi connectivity index (χ3v) is 1.12. The summed E-state index contributed by atoms with van der Waals surface area (Å²) < 4.78 is 0.